The van der Waals surface area contributed by atoms with E-state index < -0.39 is 0 Å². The number of rotatable bonds is 6. The van der Waals surface area contributed by atoms with Gasteiger partial charge in [-0.1, -0.05) is 40.9 Å². The van der Waals surface area contributed by atoms with Gasteiger partial charge in [0, 0.05) is 22.0 Å². The molecule has 0 bridgehead atoms. The third-order valence-electron chi connectivity index (χ3n) is 6.14. The molecule has 0 saturated carbocycles. The number of likely N-dealkylation sites (tertiary alicyclic amines) is 1. The van der Waals surface area contributed by atoms with E-state index in [1.54, 1.807) is 7.11 Å². The summed E-state index contributed by atoms with van der Waals surface area (Å²) in [6.07, 6.45) is 4.92. The van der Waals surface area contributed by atoms with Gasteiger partial charge in [0.25, 0.3) is 5.91 Å². The van der Waals surface area contributed by atoms with Crippen molar-refractivity contribution in [2.45, 2.75) is 38.6 Å². The number of ether oxygens (including phenoxy) is 1. The molecule has 1 fully saturated rings. The van der Waals surface area contributed by atoms with E-state index in [1.807, 2.05) is 37.3 Å². The largest absolute Gasteiger partial charge is 0.497 e. The van der Waals surface area contributed by atoms with E-state index in [2.05, 4.69) is 38.3 Å². The minimum atomic E-state index is -0.168. The van der Waals surface area contributed by atoms with Crippen molar-refractivity contribution in [2.24, 2.45) is 0 Å². The summed E-state index contributed by atoms with van der Waals surface area (Å²) in [6.45, 7) is 4.56. The predicted octanol–water partition coefficient (Wildman–Crippen LogP) is 5.86. The third kappa shape index (κ3) is 4.96. The maximum absolute atomic E-state index is 13.1. The molecule has 1 aliphatic rings. The van der Waals surface area contributed by atoms with E-state index in [0.29, 0.717) is 12.3 Å². The van der Waals surface area contributed by atoms with Gasteiger partial charge in [-0.25, -0.2) is 0 Å². The molecule has 0 radical (unpaired) electrons. The van der Waals surface area contributed by atoms with E-state index in [9.17, 15) is 4.79 Å². The number of hydrogen-bond donors (Lipinski definition) is 1. The molecule has 1 aliphatic heterocycles. The van der Waals surface area contributed by atoms with Gasteiger partial charge in [0.15, 0.2) is 5.76 Å². The highest BCUT2D eigenvalue weighted by molar-refractivity contribution is 9.10. The summed E-state index contributed by atoms with van der Waals surface area (Å²) in [7, 11) is 1.68. The van der Waals surface area contributed by atoms with Crippen LogP contribution in [0.4, 0.5) is 0 Å². The summed E-state index contributed by atoms with van der Waals surface area (Å²) in [6, 6.07) is 14.1. The van der Waals surface area contributed by atoms with Gasteiger partial charge in [0.1, 0.15) is 11.3 Å². The highest BCUT2D eigenvalue weighted by Gasteiger charge is 2.24. The first-order valence-corrected chi connectivity index (χ1v) is 11.7. The monoisotopic (exact) mass is 484 g/mol. The van der Waals surface area contributed by atoms with Gasteiger partial charge < -0.3 is 14.5 Å². The zero-order chi connectivity index (χ0) is 21.8. The topological polar surface area (TPSA) is 54.7 Å². The van der Waals surface area contributed by atoms with Crippen LogP contribution in [0.5, 0.6) is 5.75 Å². The van der Waals surface area contributed by atoms with Gasteiger partial charge in [0.2, 0.25) is 0 Å². The fourth-order valence-electron chi connectivity index (χ4n) is 4.38. The van der Waals surface area contributed by atoms with E-state index in [4.69, 9.17) is 9.15 Å². The lowest BCUT2D eigenvalue weighted by Crippen LogP contribution is -2.38. The van der Waals surface area contributed by atoms with Gasteiger partial charge in [-0.3, -0.25) is 9.69 Å². The number of carbonyl (C=O) groups excluding carboxylic acids is 1. The Labute approximate surface area is 191 Å². The molecule has 31 heavy (non-hydrogen) atoms. The molecule has 164 valence electrons. The lowest BCUT2D eigenvalue weighted by Gasteiger charge is -2.31. The van der Waals surface area contributed by atoms with Gasteiger partial charge in [-0.2, -0.15) is 0 Å². The van der Waals surface area contributed by atoms with Crippen LogP contribution >= 0.6 is 15.9 Å². The summed E-state index contributed by atoms with van der Waals surface area (Å²) in [4.78, 5) is 15.5. The number of fused-ring (bicyclic) bond motifs is 1. The van der Waals surface area contributed by atoms with Crippen molar-refractivity contribution in [1.82, 2.24) is 10.2 Å². The van der Waals surface area contributed by atoms with Crippen LogP contribution in [0.1, 0.15) is 53.4 Å². The van der Waals surface area contributed by atoms with Crippen LogP contribution in [0, 0.1) is 6.92 Å². The lowest BCUT2D eigenvalue weighted by molar-refractivity contribution is 0.0907. The average molecular weight is 485 g/mol. The van der Waals surface area contributed by atoms with E-state index >= 15 is 0 Å². The zero-order valence-electron chi connectivity index (χ0n) is 18.1. The Balaban J connectivity index is 1.55. The SMILES string of the molecule is COc1ccc([C@H](CNC(=O)c2oc3cc(Br)ccc3c2C)N2CCCCCC2)cc1. The van der Waals surface area contributed by atoms with E-state index in [1.165, 1.54) is 31.2 Å². The molecular weight excluding hydrogens is 456 g/mol. The summed E-state index contributed by atoms with van der Waals surface area (Å²) in [5.41, 5.74) is 2.78. The maximum Gasteiger partial charge on any atom is 0.287 e. The summed E-state index contributed by atoms with van der Waals surface area (Å²) >= 11 is 3.46. The smallest absolute Gasteiger partial charge is 0.287 e. The molecule has 5 nitrogen and oxygen atoms in total. The normalized spacial score (nSPS) is 16.1. The number of amides is 1. The van der Waals surface area contributed by atoms with Crippen molar-refractivity contribution in [2.75, 3.05) is 26.7 Å². The van der Waals surface area contributed by atoms with Crippen LogP contribution in [0.25, 0.3) is 11.0 Å². The number of furan rings is 1. The predicted molar refractivity (Wildman–Crippen MR) is 127 cm³/mol. The Kier molecular flexibility index (Phi) is 6.98. The second kappa shape index (κ2) is 9.88. The number of benzene rings is 2. The number of methoxy groups -OCH3 is 1. The number of carbonyl (C=O) groups is 1. The van der Waals surface area contributed by atoms with Crippen LogP contribution in [-0.2, 0) is 0 Å². The highest BCUT2D eigenvalue weighted by Crippen LogP contribution is 2.29. The van der Waals surface area contributed by atoms with Crippen LogP contribution in [0.15, 0.2) is 51.4 Å². The molecule has 3 aromatic rings. The molecule has 1 amide bonds. The number of nitrogens with zero attached hydrogens (tertiary/aromatic N) is 1. The summed E-state index contributed by atoms with van der Waals surface area (Å²) in [5.74, 6) is 1.06. The highest BCUT2D eigenvalue weighted by atomic mass is 79.9. The second-order valence-corrected chi connectivity index (χ2v) is 9.06. The average Bonchev–Trinajstić information content (AvgIpc) is 2.94. The Bertz CT molecular complexity index is 1040. The number of halogens is 1. The quantitative estimate of drug-likeness (QED) is 0.475. The van der Waals surface area contributed by atoms with Crippen molar-refractivity contribution in [3.63, 3.8) is 0 Å². The van der Waals surface area contributed by atoms with E-state index in [0.717, 1.165) is 39.8 Å². The lowest BCUT2D eigenvalue weighted by atomic mass is 10.0. The van der Waals surface area contributed by atoms with Crippen molar-refractivity contribution in [3.8, 4) is 5.75 Å². The van der Waals surface area contributed by atoms with Crippen LogP contribution in [-0.4, -0.2) is 37.6 Å². The van der Waals surface area contributed by atoms with Crippen LogP contribution < -0.4 is 10.1 Å². The van der Waals surface area contributed by atoms with Gasteiger partial charge >= 0.3 is 0 Å². The standard InChI is InChI=1S/C25H29BrN2O3/c1-17-21-12-9-19(26)15-23(21)31-24(17)25(29)27-16-22(28-13-5-3-4-6-14-28)18-7-10-20(30-2)11-8-18/h7-12,15,22H,3-6,13-14,16H2,1-2H3,(H,27,29)/t22-/m0/s1. The molecule has 1 saturated heterocycles. The zero-order valence-corrected chi connectivity index (χ0v) is 19.7. The van der Waals surface area contributed by atoms with Crippen LogP contribution in [0.2, 0.25) is 0 Å². The van der Waals surface area contributed by atoms with Crippen LogP contribution in [0.3, 0.4) is 0 Å². The number of hydrogen-bond acceptors (Lipinski definition) is 4. The van der Waals surface area contributed by atoms with Crippen molar-refractivity contribution >= 4 is 32.8 Å². The van der Waals surface area contributed by atoms with Crippen molar-refractivity contribution in [1.29, 1.82) is 0 Å². The molecule has 2 heterocycles. The molecule has 0 aliphatic carbocycles. The third-order valence-corrected chi connectivity index (χ3v) is 6.64. The van der Waals surface area contributed by atoms with Gasteiger partial charge in [-0.05, 0) is 68.8 Å². The fourth-order valence-corrected chi connectivity index (χ4v) is 4.72. The number of aryl methyl sites for hydroxylation is 1. The Morgan fingerprint density at radius 3 is 2.52 bits per heavy atom. The van der Waals surface area contributed by atoms with Gasteiger partial charge in [-0.15, -0.1) is 0 Å². The van der Waals surface area contributed by atoms with Gasteiger partial charge in [0.05, 0.1) is 13.2 Å². The first-order chi connectivity index (χ1) is 15.1. The Morgan fingerprint density at radius 1 is 1.13 bits per heavy atom. The molecular formula is C25H29BrN2O3. The molecule has 0 spiro atoms. The molecule has 1 atom stereocenters. The first kappa shape index (κ1) is 21.9. The number of nitrogens with one attached hydrogen (secondary N) is 1. The summed E-state index contributed by atoms with van der Waals surface area (Å²) < 4.78 is 12.2. The molecule has 2 aromatic carbocycles. The van der Waals surface area contributed by atoms with Crippen molar-refractivity contribution in [3.05, 3.63) is 63.8 Å². The summed E-state index contributed by atoms with van der Waals surface area (Å²) in [5, 5.41) is 4.11. The first-order valence-electron chi connectivity index (χ1n) is 10.9. The molecule has 0 unspecified atom stereocenters. The van der Waals surface area contributed by atoms with Crippen molar-refractivity contribution < 1.29 is 13.9 Å². The minimum absolute atomic E-state index is 0.117. The van der Waals surface area contributed by atoms with E-state index in [-0.39, 0.29) is 11.9 Å². The Morgan fingerprint density at radius 2 is 1.84 bits per heavy atom. The second-order valence-electron chi connectivity index (χ2n) is 8.15. The minimum Gasteiger partial charge on any atom is -0.497 e. The molecule has 4 rings (SSSR count). The Hall–Kier alpha value is -2.31. The maximum atomic E-state index is 13.1. The fraction of sp³-hybridized carbons (Fsp3) is 0.400. The molecule has 6 heteroatoms. The molecule has 1 N–H and O–H groups in total. The molecule has 1 aromatic heterocycles.